The Bertz CT molecular complexity index is 574. The van der Waals surface area contributed by atoms with Gasteiger partial charge in [-0.15, -0.1) is 0 Å². The van der Waals surface area contributed by atoms with E-state index in [4.69, 9.17) is 0 Å². The molecule has 0 aliphatic rings. The third-order valence-electron chi connectivity index (χ3n) is 2.92. The average Bonchev–Trinajstić information content (AvgIpc) is 2.39. The highest BCUT2D eigenvalue weighted by molar-refractivity contribution is 9.10. The van der Waals surface area contributed by atoms with Crippen LogP contribution in [0.25, 0.3) is 0 Å². The van der Waals surface area contributed by atoms with Gasteiger partial charge >= 0.3 is 0 Å². The van der Waals surface area contributed by atoms with Crippen molar-refractivity contribution in [3.05, 3.63) is 63.9 Å². The molecule has 4 heteroatoms. The minimum Gasteiger partial charge on any atom is -0.394 e. The van der Waals surface area contributed by atoms with Gasteiger partial charge in [0.15, 0.2) is 0 Å². The quantitative estimate of drug-likeness (QED) is 0.889. The molecule has 0 spiro atoms. The summed E-state index contributed by atoms with van der Waals surface area (Å²) in [5.74, 6) is -0.329. The highest BCUT2D eigenvalue weighted by Crippen LogP contribution is 2.28. The summed E-state index contributed by atoms with van der Waals surface area (Å²) in [5, 5.41) is 12.5. The van der Waals surface area contributed by atoms with E-state index in [-0.39, 0.29) is 18.5 Å². The molecule has 2 rings (SSSR count). The van der Waals surface area contributed by atoms with Crippen LogP contribution < -0.4 is 5.32 Å². The molecule has 0 saturated heterocycles. The number of aliphatic hydroxyl groups excluding tert-OH is 1. The van der Waals surface area contributed by atoms with Crippen LogP contribution in [-0.2, 0) is 0 Å². The van der Waals surface area contributed by atoms with E-state index < -0.39 is 0 Å². The number of halogens is 2. The third kappa shape index (κ3) is 3.33. The summed E-state index contributed by atoms with van der Waals surface area (Å²) in [6.07, 6.45) is 0. The van der Waals surface area contributed by atoms with E-state index in [2.05, 4.69) is 21.2 Å². The third-order valence-corrected chi connectivity index (χ3v) is 3.60. The minimum atomic E-state index is -0.355. The molecule has 19 heavy (non-hydrogen) atoms. The van der Waals surface area contributed by atoms with Gasteiger partial charge in [0.25, 0.3) is 0 Å². The molecule has 0 bridgehead atoms. The number of anilines is 1. The van der Waals surface area contributed by atoms with E-state index in [1.165, 1.54) is 6.07 Å². The Labute approximate surface area is 120 Å². The Hall–Kier alpha value is -1.39. The van der Waals surface area contributed by atoms with Gasteiger partial charge in [-0.05, 0) is 36.2 Å². The molecule has 0 amide bonds. The molecule has 1 atom stereocenters. The van der Waals surface area contributed by atoms with Crippen molar-refractivity contribution in [1.29, 1.82) is 0 Å². The Morgan fingerprint density at radius 1 is 1.26 bits per heavy atom. The number of hydrogen-bond donors (Lipinski definition) is 2. The highest BCUT2D eigenvalue weighted by atomic mass is 79.9. The van der Waals surface area contributed by atoms with Crippen molar-refractivity contribution in [2.45, 2.75) is 13.0 Å². The summed E-state index contributed by atoms with van der Waals surface area (Å²) in [7, 11) is 0. The summed E-state index contributed by atoms with van der Waals surface area (Å²) in [6.45, 7) is 1.88. The molecule has 2 nitrogen and oxygen atoms in total. The number of benzene rings is 2. The standard InChI is InChI=1S/C15H15BrFNO/c1-10-6-7-11(12(16)8-10)15(9-19)18-14-5-3-2-4-13(14)17/h2-8,15,18-19H,9H2,1H3. The van der Waals surface area contributed by atoms with Crippen molar-refractivity contribution in [3.8, 4) is 0 Å². The normalized spacial score (nSPS) is 12.2. The number of nitrogens with one attached hydrogen (secondary N) is 1. The molecule has 0 fully saturated rings. The van der Waals surface area contributed by atoms with Gasteiger partial charge in [0.1, 0.15) is 5.82 Å². The van der Waals surface area contributed by atoms with Gasteiger partial charge < -0.3 is 10.4 Å². The fourth-order valence-corrected chi connectivity index (χ4v) is 2.67. The number of aliphatic hydroxyl groups is 1. The Balaban J connectivity index is 2.28. The van der Waals surface area contributed by atoms with Gasteiger partial charge in [0, 0.05) is 4.47 Å². The number of hydrogen-bond acceptors (Lipinski definition) is 2. The van der Waals surface area contributed by atoms with Crippen LogP contribution in [0.1, 0.15) is 17.2 Å². The Morgan fingerprint density at radius 2 is 2.00 bits per heavy atom. The summed E-state index contributed by atoms with van der Waals surface area (Å²) in [5.41, 5.74) is 2.41. The first-order valence-electron chi connectivity index (χ1n) is 6.00. The van der Waals surface area contributed by atoms with E-state index in [0.29, 0.717) is 5.69 Å². The van der Waals surface area contributed by atoms with Gasteiger partial charge in [0.2, 0.25) is 0 Å². The van der Waals surface area contributed by atoms with Crippen molar-refractivity contribution in [3.63, 3.8) is 0 Å². The maximum Gasteiger partial charge on any atom is 0.146 e. The van der Waals surface area contributed by atoms with Gasteiger partial charge in [-0.1, -0.05) is 40.2 Å². The van der Waals surface area contributed by atoms with Crippen LogP contribution in [0.2, 0.25) is 0 Å². The second kappa shape index (κ2) is 6.17. The molecule has 0 saturated carbocycles. The molecule has 0 aliphatic carbocycles. The molecule has 2 N–H and O–H groups in total. The van der Waals surface area contributed by atoms with Gasteiger partial charge in [-0.25, -0.2) is 4.39 Å². The first-order chi connectivity index (χ1) is 9.11. The molecule has 2 aromatic rings. The highest BCUT2D eigenvalue weighted by Gasteiger charge is 2.15. The SMILES string of the molecule is Cc1ccc(C(CO)Nc2ccccc2F)c(Br)c1. The van der Waals surface area contributed by atoms with Crippen molar-refractivity contribution in [2.75, 3.05) is 11.9 Å². The lowest BCUT2D eigenvalue weighted by molar-refractivity contribution is 0.276. The zero-order chi connectivity index (χ0) is 13.8. The van der Waals surface area contributed by atoms with Crippen molar-refractivity contribution >= 4 is 21.6 Å². The van der Waals surface area contributed by atoms with E-state index in [9.17, 15) is 9.50 Å². The van der Waals surface area contributed by atoms with Crippen LogP contribution in [-0.4, -0.2) is 11.7 Å². The summed E-state index contributed by atoms with van der Waals surface area (Å²) in [4.78, 5) is 0. The Kier molecular flexibility index (Phi) is 4.56. The lowest BCUT2D eigenvalue weighted by atomic mass is 10.1. The van der Waals surface area contributed by atoms with Crippen LogP contribution in [0.4, 0.5) is 10.1 Å². The van der Waals surface area contributed by atoms with Gasteiger partial charge in [-0.2, -0.15) is 0 Å². The number of aryl methyl sites for hydroxylation is 1. The summed E-state index contributed by atoms with van der Waals surface area (Å²) >= 11 is 3.48. The smallest absolute Gasteiger partial charge is 0.146 e. The summed E-state index contributed by atoms with van der Waals surface area (Å²) in [6, 6.07) is 11.9. The van der Waals surface area contributed by atoms with E-state index in [1.54, 1.807) is 18.2 Å². The molecular weight excluding hydrogens is 309 g/mol. The maximum atomic E-state index is 13.6. The van der Waals surface area contributed by atoms with E-state index in [0.717, 1.165) is 15.6 Å². The minimum absolute atomic E-state index is 0.115. The lowest BCUT2D eigenvalue weighted by Crippen LogP contribution is -2.16. The maximum absolute atomic E-state index is 13.6. The molecule has 0 heterocycles. The monoisotopic (exact) mass is 323 g/mol. The van der Waals surface area contributed by atoms with Crippen LogP contribution in [0.3, 0.4) is 0 Å². The second-order valence-electron chi connectivity index (χ2n) is 4.38. The lowest BCUT2D eigenvalue weighted by Gasteiger charge is -2.20. The molecule has 2 aromatic carbocycles. The van der Waals surface area contributed by atoms with Gasteiger partial charge in [0.05, 0.1) is 18.3 Å². The molecule has 0 aromatic heterocycles. The Morgan fingerprint density at radius 3 is 2.63 bits per heavy atom. The van der Waals surface area contributed by atoms with Crippen LogP contribution >= 0.6 is 15.9 Å². The number of para-hydroxylation sites is 1. The fraction of sp³-hybridized carbons (Fsp3) is 0.200. The average molecular weight is 324 g/mol. The van der Waals surface area contributed by atoms with Crippen LogP contribution in [0.15, 0.2) is 46.9 Å². The van der Waals surface area contributed by atoms with Gasteiger partial charge in [-0.3, -0.25) is 0 Å². The molecule has 0 radical (unpaired) electrons. The van der Waals surface area contributed by atoms with E-state index >= 15 is 0 Å². The largest absolute Gasteiger partial charge is 0.394 e. The van der Waals surface area contributed by atoms with E-state index in [1.807, 2.05) is 25.1 Å². The first kappa shape index (κ1) is 14.0. The molecular formula is C15H15BrFNO. The van der Waals surface area contributed by atoms with Crippen molar-refractivity contribution in [1.82, 2.24) is 0 Å². The molecule has 1 unspecified atom stereocenters. The second-order valence-corrected chi connectivity index (χ2v) is 5.24. The zero-order valence-corrected chi connectivity index (χ0v) is 12.1. The number of rotatable bonds is 4. The predicted octanol–water partition coefficient (Wildman–Crippen LogP) is 4.04. The van der Waals surface area contributed by atoms with Crippen LogP contribution in [0, 0.1) is 12.7 Å². The van der Waals surface area contributed by atoms with Crippen molar-refractivity contribution < 1.29 is 9.50 Å². The topological polar surface area (TPSA) is 32.3 Å². The predicted molar refractivity (Wildman–Crippen MR) is 78.7 cm³/mol. The first-order valence-corrected chi connectivity index (χ1v) is 6.79. The van der Waals surface area contributed by atoms with Crippen molar-refractivity contribution in [2.24, 2.45) is 0 Å². The molecule has 100 valence electrons. The fourth-order valence-electron chi connectivity index (χ4n) is 1.90. The zero-order valence-electron chi connectivity index (χ0n) is 10.5. The van der Waals surface area contributed by atoms with Crippen LogP contribution in [0.5, 0.6) is 0 Å². The summed E-state index contributed by atoms with van der Waals surface area (Å²) < 4.78 is 14.5. The molecule has 0 aliphatic heterocycles.